The molecule has 0 saturated heterocycles. The van der Waals surface area contributed by atoms with Gasteiger partial charge in [0.25, 0.3) is 0 Å². The lowest BCUT2D eigenvalue weighted by Crippen LogP contribution is -2.06. The van der Waals surface area contributed by atoms with Crippen LogP contribution in [0.1, 0.15) is 18.5 Å². The third-order valence-corrected chi connectivity index (χ3v) is 3.20. The maximum Gasteiger partial charge on any atom is 0.124 e. The minimum absolute atomic E-state index is 0.0779. The largest absolute Gasteiger partial charge is 0.376 e. The molecule has 0 bridgehead atoms. The van der Waals surface area contributed by atoms with Crippen LogP contribution in [0.15, 0.2) is 35.1 Å². The normalized spacial score (nSPS) is 12.5. The van der Waals surface area contributed by atoms with Gasteiger partial charge in [-0.05, 0) is 24.6 Å². The fraction of sp³-hybridized carbons (Fsp3) is 0.250. The summed E-state index contributed by atoms with van der Waals surface area (Å²) in [6.45, 7) is 2.02. The first-order valence-electron chi connectivity index (χ1n) is 5.26. The third-order valence-electron chi connectivity index (χ3n) is 2.52. The predicted molar refractivity (Wildman–Crippen MR) is 69.3 cm³/mol. The Labute approximate surface area is 108 Å². The first kappa shape index (κ1) is 12.1. The van der Waals surface area contributed by atoms with Gasteiger partial charge in [0.2, 0.25) is 0 Å². The molecule has 1 unspecified atom stereocenters. The number of anilines is 1. The maximum absolute atomic E-state index is 13.0. The highest BCUT2D eigenvalue weighted by atomic mass is 79.9. The van der Waals surface area contributed by atoms with Crippen LogP contribution in [0.2, 0.25) is 0 Å². The van der Waals surface area contributed by atoms with Crippen molar-refractivity contribution in [1.29, 1.82) is 0 Å². The van der Waals surface area contributed by atoms with Gasteiger partial charge >= 0.3 is 0 Å². The SMILES string of the molecule is CC(Nc1cnn(C)c1)c1ccc(F)cc1Br. The monoisotopic (exact) mass is 297 g/mol. The fourth-order valence-corrected chi connectivity index (χ4v) is 2.37. The van der Waals surface area contributed by atoms with Gasteiger partial charge in [0.05, 0.1) is 11.9 Å². The molecule has 1 aromatic heterocycles. The van der Waals surface area contributed by atoms with E-state index in [1.165, 1.54) is 12.1 Å². The van der Waals surface area contributed by atoms with Gasteiger partial charge < -0.3 is 5.32 Å². The number of benzene rings is 1. The highest BCUT2D eigenvalue weighted by Gasteiger charge is 2.10. The molecule has 0 radical (unpaired) electrons. The summed E-state index contributed by atoms with van der Waals surface area (Å²) in [7, 11) is 1.86. The molecule has 1 aromatic carbocycles. The Balaban J connectivity index is 2.17. The smallest absolute Gasteiger partial charge is 0.124 e. The molecule has 0 aliphatic carbocycles. The summed E-state index contributed by atoms with van der Waals surface area (Å²) < 4.78 is 15.5. The van der Waals surface area contributed by atoms with Crippen LogP contribution in [0.25, 0.3) is 0 Å². The number of nitrogens with one attached hydrogen (secondary N) is 1. The lowest BCUT2D eigenvalue weighted by atomic mass is 10.1. The topological polar surface area (TPSA) is 29.9 Å². The van der Waals surface area contributed by atoms with E-state index in [9.17, 15) is 4.39 Å². The van der Waals surface area contributed by atoms with E-state index >= 15 is 0 Å². The molecule has 17 heavy (non-hydrogen) atoms. The second-order valence-corrected chi connectivity index (χ2v) is 4.79. The second kappa shape index (κ2) is 4.87. The van der Waals surface area contributed by atoms with E-state index < -0.39 is 0 Å². The standard InChI is InChI=1S/C12H13BrFN3/c1-8(16-10-6-15-17(2)7-10)11-4-3-9(14)5-12(11)13/h3-8,16H,1-2H3. The van der Waals surface area contributed by atoms with Gasteiger partial charge in [-0.25, -0.2) is 4.39 Å². The number of aryl methyl sites for hydroxylation is 1. The van der Waals surface area contributed by atoms with Crippen LogP contribution in [0.3, 0.4) is 0 Å². The molecule has 1 N–H and O–H groups in total. The van der Waals surface area contributed by atoms with E-state index in [0.717, 1.165) is 15.7 Å². The summed E-state index contributed by atoms with van der Waals surface area (Å²) in [5, 5.41) is 7.39. The Morgan fingerprint density at radius 3 is 2.82 bits per heavy atom. The highest BCUT2D eigenvalue weighted by molar-refractivity contribution is 9.10. The zero-order valence-corrected chi connectivity index (χ0v) is 11.2. The van der Waals surface area contributed by atoms with Gasteiger partial charge in [-0.1, -0.05) is 22.0 Å². The first-order chi connectivity index (χ1) is 8.06. The summed E-state index contributed by atoms with van der Waals surface area (Å²) in [6, 6.07) is 4.78. The van der Waals surface area contributed by atoms with E-state index in [2.05, 4.69) is 26.3 Å². The number of aromatic nitrogens is 2. The Morgan fingerprint density at radius 2 is 2.24 bits per heavy atom. The zero-order chi connectivity index (χ0) is 12.4. The molecule has 2 aromatic rings. The molecular weight excluding hydrogens is 285 g/mol. The van der Waals surface area contributed by atoms with Crippen LogP contribution in [0, 0.1) is 5.82 Å². The molecule has 0 fully saturated rings. The average molecular weight is 298 g/mol. The van der Waals surface area contributed by atoms with E-state index in [-0.39, 0.29) is 11.9 Å². The molecule has 5 heteroatoms. The number of nitrogens with zero attached hydrogens (tertiary/aromatic N) is 2. The van der Waals surface area contributed by atoms with Gasteiger partial charge in [0, 0.05) is 23.8 Å². The minimum atomic E-state index is -0.241. The predicted octanol–water partition coefficient (Wildman–Crippen LogP) is 3.49. The Hall–Kier alpha value is -1.36. The molecule has 1 heterocycles. The minimum Gasteiger partial charge on any atom is -0.376 e. The number of hydrogen-bond donors (Lipinski definition) is 1. The molecule has 0 amide bonds. The van der Waals surface area contributed by atoms with Crippen LogP contribution < -0.4 is 5.32 Å². The highest BCUT2D eigenvalue weighted by Crippen LogP contribution is 2.26. The van der Waals surface area contributed by atoms with Gasteiger partial charge in [0.1, 0.15) is 5.82 Å². The Kier molecular flexibility index (Phi) is 3.47. The summed E-state index contributed by atoms with van der Waals surface area (Å²) in [6.07, 6.45) is 3.65. The Morgan fingerprint density at radius 1 is 1.47 bits per heavy atom. The summed E-state index contributed by atoms with van der Waals surface area (Å²) in [4.78, 5) is 0. The van der Waals surface area contributed by atoms with E-state index in [1.807, 2.05) is 20.2 Å². The molecule has 90 valence electrons. The van der Waals surface area contributed by atoms with Crippen molar-refractivity contribution in [3.8, 4) is 0 Å². The van der Waals surface area contributed by atoms with Crippen LogP contribution >= 0.6 is 15.9 Å². The average Bonchev–Trinajstić information content (AvgIpc) is 2.63. The van der Waals surface area contributed by atoms with Crippen molar-refractivity contribution in [1.82, 2.24) is 9.78 Å². The van der Waals surface area contributed by atoms with Crippen molar-refractivity contribution in [2.24, 2.45) is 7.05 Å². The van der Waals surface area contributed by atoms with Crippen molar-refractivity contribution in [3.05, 3.63) is 46.4 Å². The zero-order valence-electron chi connectivity index (χ0n) is 9.61. The Bertz CT molecular complexity index is 524. The maximum atomic E-state index is 13.0. The lowest BCUT2D eigenvalue weighted by molar-refractivity contribution is 0.625. The van der Waals surface area contributed by atoms with E-state index in [0.29, 0.717) is 0 Å². The quantitative estimate of drug-likeness (QED) is 0.940. The molecule has 0 aliphatic heterocycles. The van der Waals surface area contributed by atoms with Crippen LogP contribution in [-0.2, 0) is 7.05 Å². The van der Waals surface area contributed by atoms with Crippen LogP contribution in [0.5, 0.6) is 0 Å². The number of halogens is 2. The molecular formula is C12H13BrFN3. The summed E-state index contributed by atoms with van der Waals surface area (Å²) in [5.41, 5.74) is 1.95. The van der Waals surface area contributed by atoms with Crippen molar-refractivity contribution in [2.75, 3.05) is 5.32 Å². The number of hydrogen-bond acceptors (Lipinski definition) is 2. The van der Waals surface area contributed by atoms with Crippen molar-refractivity contribution in [3.63, 3.8) is 0 Å². The van der Waals surface area contributed by atoms with Crippen LogP contribution in [-0.4, -0.2) is 9.78 Å². The van der Waals surface area contributed by atoms with Crippen molar-refractivity contribution < 1.29 is 4.39 Å². The van der Waals surface area contributed by atoms with Gasteiger partial charge in [-0.2, -0.15) is 5.10 Å². The van der Waals surface area contributed by atoms with Crippen LogP contribution in [0.4, 0.5) is 10.1 Å². The fourth-order valence-electron chi connectivity index (χ4n) is 1.68. The third kappa shape index (κ3) is 2.85. The molecule has 0 spiro atoms. The van der Waals surface area contributed by atoms with E-state index in [4.69, 9.17) is 0 Å². The van der Waals surface area contributed by atoms with Crippen molar-refractivity contribution in [2.45, 2.75) is 13.0 Å². The molecule has 2 rings (SSSR count). The molecule has 3 nitrogen and oxygen atoms in total. The second-order valence-electron chi connectivity index (χ2n) is 3.93. The first-order valence-corrected chi connectivity index (χ1v) is 6.05. The summed E-state index contributed by atoms with van der Waals surface area (Å²) in [5.74, 6) is -0.241. The van der Waals surface area contributed by atoms with Gasteiger partial charge in [0.15, 0.2) is 0 Å². The van der Waals surface area contributed by atoms with E-state index in [1.54, 1.807) is 16.9 Å². The van der Waals surface area contributed by atoms with Gasteiger partial charge in [-0.3, -0.25) is 4.68 Å². The van der Waals surface area contributed by atoms with Gasteiger partial charge in [-0.15, -0.1) is 0 Å². The lowest BCUT2D eigenvalue weighted by Gasteiger charge is -2.15. The summed E-state index contributed by atoms with van der Waals surface area (Å²) >= 11 is 3.37. The number of rotatable bonds is 3. The molecule has 0 saturated carbocycles. The van der Waals surface area contributed by atoms with Crippen molar-refractivity contribution >= 4 is 21.6 Å². The molecule has 1 atom stereocenters. The molecule has 0 aliphatic rings.